The molecule has 106 valence electrons. The monoisotopic (exact) mass is 279 g/mol. The average molecular weight is 279 g/mol. The van der Waals surface area contributed by atoms with Crippen LogP contribution in [-0.2, 0) is 20.7 Å². The third kappa shape index (κ3) is 2.53. The molecule has 1 aromatic carbocycles. The molecule has 0 saturated carbocycles. The van der Waals surface area contributed by atoms with Crippen molar-refractivity contribution in [1.29, 1.82) is 0 Å². The molecule has 0 fully saturated rings. The van der Waals surface area contributed by atoms with Crippen molar-refractivity contribution in [2.24, 2.45) is 0 Å². The van der Waals surface area contributed by atoms with Gasteiger partial charge in [0.15, 0.2) is 0 Å². The molecular formula is C12H13N3O5. The summed E-state index contributed by atoms with van der Waals surface area (Å²) in [4.78, 5) is 33.2. The molecule has 1 aliphatic rings. The molecule has 8 nitrogen and oxygen atoms in total. The van der Waals surface area contributed by atoms with Crippen molar-refractivity contribution in [2.45, 2.75) is 19.4 Å². The van der Waals surface area contributed by atoms with Gasteiger partial charge < -0.3 is 15.4 Å². The predicted octanol–water partition coefficient (Wildman–Crippen LogP) is 1.06. The zero-order chi connectivity index (χ0) is 14.9. The van der Waals surface area contributed by atoms with Gasteiger partial charge in [-0.15, -0.1) is 0 Å². The van der Waals surface area contributed by atoms with Gasteiger partial charge in [0, 0.05) is 11.8 Å². The molecule has 0 radical (unpaired) electrons. The maximum Gasteiger partial charge on any atom is 0.327 e. The quantitative estimate of drug-likeness (QED) is 0.484. The van der Waals surface area contributed by atoms with Gasteiger partial charge in [-0.3, -0.25) is 14.9 Å². The minimum absolute atomic E-state index is 0.114. The van der Waals surface area contributed by atoms with Gasteiger partial charge >= 0.3 is 5.97 Å². The van der Waals surface area contributed by atoms with Crippen molar-refractivity contribution in [3.63, 3.8) is 0 Å². The summed E-state index contributed by atoms with van der Waals surface area (Å²) in [6, 6.07) is 2.05. The SMILES string of the molecule is COC(=O)C(C)Nc1cc2c(cc1[N+](=O)[O-])CC(=O)N2. The van der Waals surface area contributed by atoms with Crippen LogP contribution < -0.4 is 10.6 Å². The van der Waals surface area contributed by atoms with Crippen LogP contribution in [0.2, 0.25) is 0 Å². The number of anilines is 2. The topological polar surface area (TPSA) is 111 Å². The first kappa shape index (κ1) is 13.8. The number of fused-ring (bicyclic) bond motifs is 1. The number of nitrogens with zero attached hydrogens (tertiary/aromatic N) is 1. The number of ether oxygens (including phenoxy) is 1. The second-order valence-corrected chi connectivity index (χ2v) is 4.40. The summed E-state index contributed by atoms with van der Waals surface area (Å²) in [7, 11) is 1.23. The lowest BCUT2D eigenvalue weighted by atomic mass is 10.1. The van der Waals surface area contributed by atoms with E-state index < -0.39 is 16.9 Å². The maximum atomic E-state index is 11.4. The predicted molar refractivity (Wildman–Crippen MR) is 70.5 cm³/mol. The summed E-state index contributed by atoms with van der Waals surface area (Å²) >= 11 is 0. The van der Waals surface area contributed by atoms with Crippen LogP contribution in [0.5, 0.6) is 0 Å². The summed E-state index contributed by atoms with van der Waals surface area (Å²) in [6.45, 7) is 1.53. The number of carbonyl (C=O) groups excluding carboxylic acids is 2. The highest BCUT2D eigenvalue weighted by Crippen LogP contribution is 2.34. The van der Waals surface area contributed by atoms with Gasteiger partial charge in [-0.05, 0) is 18.6 Å². The Morgan fingerprint density at radius 1 is 1.55 bits per heavy atom. The third-order valence-electron chi connectivity index (χ3n) is 2.97. The van der Waals surface area contributed by atoms with E-state index in [0.29, 0.717) is 11.3 Å². The summed E-state index contributed by atoms with van der Waals surface area (Å²) in [5.74, 6) is -0.753. The van der Waals surface area contributed by atoms with E-state index in [0.717, 1.165) is 0 Å². The third-order valence-corrected chi connectivity index (χ3v) is 2.97. The van der Waals surface area contributed by atoms with Gasteiger partial charge in [0.25, 0.3) is 5.69 Å². The molecule has 2 N–H and O–H groups in total. The number of carbonyl (C=O) groups is 2. The lowest BCUT2D eigenvalue weighted by Gasteiger charge is -2.14. The summed E-state index contributed by atoms with van der Waals surface area (Å²) < 4.78 is 4.55. The van der Waals surface area contributed by atoms with Gasteiger partial charge in [-0.2, -0.15) is 0 Å². The van der Waals surface area contributed by atoms with E-state index >= 15 is 0 Å². The van der Waals surface area contributed by atoms with E-state index in [1.165, 1.54) is 26.2 Å². The average Bonchev–Trinajstić information content (AvgIpc) is 2.75. The Hall–Kier alpha value is -2.64. The highest BCUT2D eigenvalue weighted by atomic mass is 16.6. The molecule has 20 heavy (non-hydrogen) atoms. The lowest BCUT2D eigenvalue weighted by molar-refractivity contribution is -0.384. The molecule has 1 atom stereocenters. The first-order valence-corrected chi connectivity index (χ1v) is 5.88. The van der Waals surface area contributed by atoms with Crippen LogP contribution in [0, 0.1) is 10.1 Å². The molecule has 0 aliphatic carbocycles. The summed E-state index contributed by atoms with van der Waals surface area (Å²) in [6.07, 6.45) is 0.114. The van der Waals surface area contributed by atoms with Crippen molar-refractivity contribution < 1.29 is 19.2 Å². The van der Waals surface area contributed by atoms with Crippen LogP contribution in [0.25, 0.3) is 0 Å². The van der Waals surface area contributed by atoms with Crippen LogP contribution in [-0.4, -0.2) is 30.0 Å². The smallest absolute Gasteiger partial charge is 0.327 e. The first-order chi connectivity index (χ1) is 9.42. The first-order valence-electron chi connectivity index (χ1n) is 5.88. The van der Waals surface area contributed by atoms with Crippen LogP contribution in [0.3, 0.4) is 0 Å². The minimum atomic E-state index is -0.742. The molecule has 1 heterocycles. The van der Waals surface area contributed by atoms with E-state index in [4.69, 9.17) is 0 Å². The van der Waals surface area contributed by atoms with Crippen LogP contribution in [0.15, 0.2) is 12.1 Å². The Morgan fingerprint density at radius 3 is 2.85 bits per heavy atom. The normalized spacial score (nSPS) is 14.2. The number of hydrogen-bond donors (Lipinski definition) is 2. The Kier molecular flexibility index (Phi) is 3.55. The number of methoxy groups -OCH3 is 1. The van der Waals surface area contributed by atoms with Gasteiger partial charge in [0.2, 0.25) is 5.91 Å². The highest BCUT2D eigenvalue weighted by molar-refractivity contribution is 6.00. The van der Waals surface area contributed by atoms with Crippen molar-refractivity contribution >= 4 is 28.9 Å². The number of nitrogens with one attached hydrogen (secondary N) is 2. The second-order valence-electron chi connectivity index (χ2n) is 4.40. The molecule has 0 spiro atoms. The Morgan fingerprint density at radius 2 is 2.25 bits per heavy atom. The number of rotatable bonds is 4. The van der Waals surface area contributed by atoms with Crippen molar-refractivity contribution in [2.75, 3.05) is 17.7 Å². The van der Waals surface area contributed by atoms with E-state index in [1.807, 2.05) is 0 Å². The Labute approximate surface area is 114 Å². The van der Waals surface area contributed by atoms with E-state index in [9.17, 15) is 19.7 Å². The highest BCUT2D eigenvalue weighted by Gasteiger charge is 2.26. The molecular weight excluding hydrogens is 266 g/mol. The van der Waals surface area contributed by atoms with Gasteiger partial charge in [0.05, 0.1) is 18.5 Å². The van der Waals surface area contributed by atoms with Crippen LogP contribution in [0.4, 0.5) is 17.1 Å². The standard InChI is InChI=1S/C12H13N3O5/c1-6(12(17)20-2)13-9-5-8-7(4-11(16)14-8)3-10(9)15(18)19/h3,5-6,13H,4H2,1-2H3,(H,14,16). The van der Waals surface area contributed by atoms with Crippen LogP contribution >= 0.6 is 0 Å². The summed E-state index contributed by atoms with van der Waals surface area (Å²) in [5.41, 5.74) is 1.06. The molecule has 0 saturated heterocycles. The summed E-state index contributed by atoms with van der Waals surface area (Å²) in [5, 5.41) is 16.4. The van der Waals surface area contributed by atoms with Crippen molar-refractivity contribution in [1.82, 2.24) is 0 Å². The van der Waals surface area contributed by atoms with E-state index in [-0.39, 0.29) is 23.7 Å². The Balaban J connectivity index is 2.37. The number of nitro groups is 1. The van der Waals surface area contributed by atoms with E-state index in [1.54, 1.807) is 0 Å². The zero-order valence-corrected chi connectivity index (χ0v) is 10.9. The molecule has 1 aliphatic heterocycles. The van der Waals surface area contributed by atoms with Crippen LogP contribution in [0.1, 0.15) is 12.5 Å². The molecule has 1 unspecified atom stereocenters. The largest absolute Gasteiger partial charge is 0.467 e. The molecule has 8 heteroatoms. The number of benzene rings is 1. The zero-order valence-electron chi connectivity index (χ0n) is 10.9. The number of esters is 1. The molecule has 1 aromatic rings. The molecule has 2 rings (SSSR count). The maximum absolute atomic E-state index is 11.4. The van der Waals surface area contributed by atoms with Crippen molar-refractivity contribution in [3.8, 4) is 0 Å². The van der Waals surface area contributed by atoms with E-state index in [2.05, 4.69) is 15.4 Å². The molecule has 1 amide bonds. The molecule has 0 aromatic heterocycles. The van der Waals surface area contributed by atoms with Gasteiger partial charge in [-0.1, -0.05) is 0 Å². The number of hydrogen-bond acceptors (Lipinski definition) is 6. The van der Waals surface area contributed by atoms with Crippen molar-refractivity contribution in [3.05, 3.63) is 27.8 Å². The second kappa shape index (κ2) is 5.16. The Bertz CT molecular complexity index is 599. The lowest BCUT2D eigenvalue weighted by Crippen LogP contribution is -2.27. The number of nitro benzene ring substituents is 1. The number of amides is 1. The van der Waals surface area contributed by atoms with Gasteiger partial charge in [0.1, 0.15) is 11.7 Å². The fourth-order valence-electron chi connectivity index (χ4n) is 2.00. The minimum Gasteiger partial charge on any atom is -0.467 e. The molecule has 0 bridgehead atoms. The fourth-order valence-corrected chi connectivity index (χ4v) is 2.00. The fraction of sp³-hybridized carbons (Fsp3) is 0.333. The van der Waals surface area contributed by atoms with Gasteiger partial charge in [-0.25, -0.2) is 4.79 Å².